The van der Waals surface area contributed by atoms with Crippen LogP contribution < -0.4 is 9.47 Å². The van der Waals surface area contributed by atoms with Crippen molar-refractivity contribution in [3.05, 3.63) is 64.8 Å². The van der Waals surface area contributed by atoms with Crippen LogP contribution in [0.4, 0.5) is 0 Å². The molecule has 1 amide bonds. The minimum Gasteiger partial charge on any atom is -0.454 e. The van der Waals surface area contributed by atoms with E-state index in [1.807, 2.05) is 42.5 Å². The zero-order valence-corrected chi connectivity index (χ0v) is 20.3. The summed E-state index contributed by atoms with van der Waals surface area (Å²) >= 11 is 0. The molecule has 0 spiro atoms. The molecule has 7 nitrogen and oxygen atoms in total. The van der Waals surface area contributed by atoms with Gasteiger partial charge >= 0.3 is 5.97 Å². The molecule has 0 N–H and O–H groups in total. The van der Waals surface area contributed by atoms with Crippen LogP contribution in [0.2, 0.25) is 0 Å². The van der Waals surface area contributed by atoms with E-state index in [0.717, 1.165) is 90.0 Å². The van der Waals surface area contributed by atoms with Gasteiger partial charge in [-0.1, -0.05) is 24.3 Å². The van der Waals surface area contributed by atoms with Crippen LogP contribution >= 0.6 is 0 Å². The first kappa shape index (κ1) is 22.6. The summed E-state index contributed by atoms with van der Waals surface area (Å²) in [6.07, 6.45) is 5.74. The van der Waals surface area contributed by atoms with Gasteiger partial charge in [0.15, 0.2) is 17.6 Å². The van der Waals surface area contributed by atoms with E-state index in [4.69, 9.17) is 19.2 Å². The maximum Gasteiger partial charge on any atom is 0.339 e. The van der Waals surface area contributed by atoms with Crippen molar-refractivity contribution in [1.82, 2.24) is 9.88 Å². The van der Waals surface area contributed by atoms with Gasteiger partial charge in [0.05, 0.1) is 16.8 Å². The van der Waals surface area contributed by atoms with E-state index in [1.54, 1.807) is 11.8 Å². The van der Waals surface area contributed by atoms with Crippen molar-refractivity contribution >= 4 is 34.4 Å². The zero-order valence-electron chi connectivity index (χ0n) is 20.3. The molecule has 0 saturated carbocycles. The lowest BCUT2D eigenvalue weighted by Crippen LogP contribution is -2.38. The third-order valence-electron chi connectivity index (χ3n) is 7.16. The number of esters is 1. The minimum atomic E-state index is -0.828. The lowest BCUT2D eigenvalue weighted by Gasteiger charge is -2.24. The van der Waals surface area contributed by atoms with Crippen LogP contribution in [0.3, 0.4) is 0 Å². The van der Waals surface area contributed by atoms with Gasteiger partial charge in [0, 0.05) is 18.5 Å². The second-order valence-corrected chi connectivity index (χ2v) is 9.55. The summed E-state index contributed by atoms with van der Waals surface area (Å²) in [5.74, 6) is 0.881. The number of pyridine rings is 1. The van der Waals surface area contributed by atoms with E-state index in [2.05, 4.69) is 6.08 Å². The molecule has 1 atom stereocenters. The predicted octanol–water partition coefficient (Wildman–Crippen LogP) is 5.01. The second kappa shape index (κ2) is 9.30. The number of carbonyl (C=O) groups excluding carboxylic acids is 2. The smallest absolute Gasteiger partial charge is 0.339 e. The molecule has 2 aromatic carbocycles. The number of aromatic nitrogens is 1. The number of carbonyl (C=O) groups is 2. The molecule has 36 heavy (non-hydrogen) atoms. The zero-order chi connectivity index (χ0) is 24.6. The number of amides is 1. The fourth-order valence-corrected chi connectivity index (χ4v) is 5.38. The number of para-hydroxylation sites is 1. The van der Waals surface area contributed by atoms with Gasteiger partial charge in [0.1, 0.15) is 0 Å². The maximum absolute atomic E-state index is 13.6. The number of hydrogen-bond acceptors (Lipinski definition) is 6. The second-order valence-electron chi connectivity index (χ2n) is 9.55. The van der Waals surface area contributed by atoms with Gasteiger partial charge < -0.3 is 19.1 Å². The summed E-state index contributed by atoms with van der Waals surface area (Å²) in [7, 11) is 0. The van der Waals surface area contributed by atoms with Crippen molar-refractivity contribution < 1.29 is 23.8 Å². The normalized spacial score (nSPS) is 18.4. The fraction of sp³-hybridized carbons (Fsp3) is 0.345. The van der Waals surface area contributed by atoms with Gasteiger partial charge in [0.2, 0.25) is 6.79 Å². The molecule has 0 radical (unpaired) electrons. The summed E-state index contributed by atoms with van der Waals surface area (Å²) in [6.45, 7) is 3.35. The Bertz CT molecular complexity index is 1390. The summed E-state index contributed by atoms with van der Waals surface area (Å²) in [6, 6.07) is 13.5. The van der Waals surface area contributed by atoms with Gasteiger partial charge in [-0.2, -0.15) is 0 Å². The average Bonchev–Trinajstić information content (AvgIpc) is 3.59. The lowest BCUT2D eigenvalue weighted by atomic mass is 9.86. The third-order valence-corrected chi connectivity index (χ3v) is 7.16. The average molecular weight is 485 g/mol. The van der Waals surface area contributed by atoms with Crippen molar-refractivity contribution in [2.24, 2.45) is 0 Å². The molecule has 7 heteroatoms. The third kappa shape index (κ3) is 4.08. The van der Waals surface area contributed by atoms with Crippen LogP contribution in [-0.2, 0) is 16.0 Å². The Morgan fingerprint density at radius 2 is 1.83 bits per heavy atom. The Morgan fingerprint density at radius 1 is 1.03 bits per heavy atom. The molecule has 3 aromatic rings. The van der Waals surface area contributed by atoms with Gasteiger partial charge in [0.25, 0.3) is 5.91 Å². The van der Waals surface area contributed by atoms with Crippen LogP contribution in [0.25, 0.3) is 22.6 Å². The molecule has 2 aliphatic heterocycles. The molecule has 1 fully saturated rings. The number of allylic oxidation sites excluding steroid dienone is 1. The summed E-state index contributed by atoms with van der Waals surface area (Å²) in [4.78, 5) is 33.2. The Morgan fingerprint density at radius 3 is 2.69 bits per heavy atom. The minimum absolute atomic E-state index is 0.128. The van der Waals surface area contributed by atoms with Crippen molar-refractivity contribution in [3.63, 3.8) is 0 Å². The highest BCUT2D eigenvalue weighted by Gasteiger charge is 2.30. The van der Waals surface area contributed by atoms with Crippen molar-refractivity contribution in [2.75, 3.05) is 19.9 Å². The highest BCUT2D eigenvalue weighted by Crippen LogP contribution is 2.38. The highest BCUT2D eigenvalue weighted by molar-refractivity contribution is 6.07. The molecule has 3 heterocycles. The summed E-state index contributed by atoms with van der Waals surface area (Å²) < 4.78 is 16.8. The van der Waals surface area contributed by atoms with Crippen LogP contribution in [-0.4, -0.2) is 47.7 Å². The van der Waals surface area contributed by atoms with Gasteiger partial charge in [-0.05, 0) is 80.0 Å². The predicted molar refractivity (Wildman–Crippen MR) is 136 cm³/mol. The van der Waals surface area contributed by atoms with Crippen LogP contribution in [0.1, 0.15) is 59.8 Å². The molecule has 184 valence electrons. The van der Waals surface area contributed by atoms with E-state index in [1.165, 1.54) is 0 Å². The van der Waals surface area contributed by atoms with Gasteiger partial charge in [-0.3, -0.25) is 4.79 Å². The van der Waals surface area contributed by atoms with E-state index >= 15 is 0 Å². The molecule has 3 aliphatic rings. The molecule has 1 aliphatic carbocycles. The van der Waals surface area contributed by atoms with Crippen LogP contribution in [0, 0.1) is 0 Å². The number of benzene rings is 2. The standard InChI is InChI=1S/C29H28N2O5/c1-18(28(32)31-13-4-5-14-31)36-29(33)26-21-8-2-3-10-23(21)30-27-20(7-6-9-22(26)27)15-19-11-12-24-25(16-19)35-17-34-24/h2-3,8,10-12,15-16,18H,4-7,9,13-14,17H2,1H3/b20-15-. The van der Waals surface area contributed by atoms with Crippen molar-refractivity contribution in [1.29, 1.82) is 0 Å². The first-order valence-electron chi connectivity index (χ1n) is 12.6. The van der Waals surface area contributed by atoms with E-state index < -0.39 is 12.1 Å². The summed E-state index contributed by atoms with van der Waals surface area (Å²) in [5.41, 5.74) is 5.02. The van der Waals surface area contributed by atoms with Gasteiger partial charge in [-0.25, -0.2) is 9.78 Å². The largest absolute Gasteiger partial charge is 0.454 e. The molecular formula is C29H28N2O5. The maximum atomic E-state index is 13.6. The number of ether oxygens (including phenoxy) is 3. The Balaban J connectivity index is 1.39. The lowest BCUT2D eigenvalue weighted by molar-refractivity contribution is -0.138. The molecule has 0 bridgehead atoms. The number of nitrogens with zero attached hydrogens (tertiary/aromatic N) is 2. The van der Waals surface area contributed by atoms with E-state index in [-0.39, 0.29) is 12.7 Å². The number of hydrogen-bond donors (Lipinski definition) is 0. The molecule has 1 saturated heterocycles. The molecule has 1 aromatic heterocycles. The van der Waals surface area contributed by atoms with Crippen molar-refractivity contribution in [3.8, 4) is 11.5 Å². The fourth-order valence-electron chi connectivity index (χ4n) is 5.38. The van der Waals surface area contributed by atoms with Crippen molar-refractivity contribution in [2.45, 2.75) is 45.1 Å². The van der Waals surface area contributed by atoms with E-state index in [9.17, 15) is 9.59 Å². The van der Waals surface area contributed by atoms with Crippen LogP contribution in [0.15, 0.2) is 42.5 Å². The first-order chi connectivity index (χ1) is 17.6. The Hall–Kier alpha value is -3.87. The van der Waals surface area contributed by atoms with Gasteiger partial charge in [-0.15, -0.1) is 0 Å². The molecular weight excluding hydrogens is 456 g/mol. The first-order valence-corrected chi connectivity index (χ1v) is 12.6. The number of likely N-dealkylation sites (tertiary alicyclic amines) is 1. The molecule has 6 rings (SSSR count). The summed E-state index contributed by atoms with van der Waals surface area (Å²) in [5, 5.41) is 0.756. The molecule has 1 unspecified atom stereocenters. The quantitative estimate of drug-likeness (QED) is 0.485. The topological polar surface area (TPSA) is 78.0 Å². The van der Waals surface area contributed by atoms with E-state index in [0.29, 0.717) is 5.56 Å². The Labute approximate surface area is 209 Å². The highest BCUT2D eigenvalue weighted by atomic mass is 16.7. The number of fused-ring (bicyclic) bond motifs is 3. The SMILES string of the molecule is CC(OC(=O)c1c2c(nc3ccccc13)/C(=C\c1ccc3c(c1)OCO3)CCC2)C(=O)N1CCCC1. The number of rotatable bonds is 4. The Kier molecular flexibility index (Phi) is 5.83. The van der Waals surface area contributed by atoms with Crippen LogP contribution in [0.5, 0.6) is 11.5 Å². The monoisotopic (exact) mass is 484 g/mol.